The molecule has 2 atom stereocenters. The monoisotopic (exact) mass is 559 g/mol. The van der Waals surface area contributed by atoms with Crippen molar-refractivity contribution in [3.8, 4) is 0 Å². The highest BCUT2D eigenvalue weighted by Gasteiger charge is 2.33. The van der Waals surface area contributed by atoms with Gasteiger partial charge in [0.2, 0.25) is 11.8 Å². The zero-order valence-electron chi connectivity index (χ0n) is 24.7. The van der Waals surface area contributed by atoms with Crippen LogP contribution < -0.4 is 21.4 Å². The summed E-state index contributed by atoms with van der Waals surface area (Å²) in [5, 5.41) is 7.97. The van der Waals surface area contributed by atoms with Crippen LogP contribution in [-0.4, -0.2) is 58.2 Å². The maximum absolute atomic E-state index is 6.31. The van der Waals surface area contributed by atoms with Gasteiger partial charge in [-0.15, -0.1) is 0 Å². The number of nitrogens with two attached hydrogens (primary N) is 1. The molecule has 1 saturated heterocycles. The molecule has 0 bridgehead atoms. The van der Waals surface area contributed by atoms with Crippen LogP contribution in [-0.2, 0) is 11.3 Å². The fourth-order valence-electron chi connectivity index (χ4n) is 6.64. The van der Waals surface area contributed by atoms with E-state index < -0.39 is 0 Å². The average molecular weight is 560 g/mol. The molecule has 41 heavy (non-hydrogen) atoms. The van der Waals surface area contributed by atoms with Gasteiger partial charge >= 0.3 is 0 Å². The molecule has 3 aromatic rings. The summed E-state index contributed by atoms with van der Waals surface area (Å²) in [6.45, 7) is 7.58. The van der Waals surface area contributed by atoms with Crippen LogP contribution in [0.3, 0.4) is 0 Å². The molecule has 220 valence electrons. The molecule has 0 amide bonds. The Labute approximate surface area is 243 Å². The topological polar surface area (TPSA) is 119 Å². The third kappa shape index (κ3) is 5.84. The standard InChI is InChI=1S/C31H45N9O/c1-20-12-14-22(15-13-20)18-40-26-28(34-21(2)23-10-7-11-23)35-30(27(32)38-33-3)36-29(26)37-31(40)39-16-17-41-19-25(39)24-8-5-4-6-9-24/h4-6,8-9,20-23,25,33H,7,10-19H2,1-3H3,(H2,32,38)(H,34,35,36)/t20?,21-,22?,25+/m1/s1. The second-order valence-electron chi connectivity index (χ2n) is 12.3. The molecule has 3 fully saturated rings. The summed E-state index contributed by atoms with van der Waals surface area (Å²) >= 11 is 0. The Morgan fingerprint density at radius 3 is 2.59 bits per heavy atom. The number of fused-ring (bicyclic) bond motifs is 1. The molecule has 1 aromatic carbocycles. The molecule has 0 spiro atoms. The highest BCUT2D eigenvalue weighted by molar-refractivity contribution is 5.97. The van der Waals surface area contributed by atoms with Crippen LogP contribution in [0.2, 0.25) is 0 Å². The van der Waals surface area contributed by atoms with Crippen LogP contribution in [0.4, 0.5) is 11.8 Å². The number of anilines is 2. The number of ether oxygens (including phenoxy) is 1. The summed E-state index contributed by atoms with van der Waals surface area (Å²) in [5.41, 5.74) is 11.9. The molecule has 3 heterocycles. The van der Waals surface area contributed by atoms with Gasteiger partial charge in [-0.2, -0.15) is 10.1 Å². The third-order valence-corrected chi connectivity index (χ3v) is 9.41. The number of benzene rings is 1. The van der Waals surface area contributed by atoms with E-state index in [1.807, 2.05) is 0 Å². The van der Waals surface area contributed by atoms with E-state index in [2.05, 4.69) is 69.5 Å². The van der Waals surface area contributed by atoms with Crippen molar-refractivity contribution >= 4 is 28.8 Å². The first kappa shape index (κ1) is 27.8. The maximum atomic E-state index is 6.31. The molecule has 10 heteroatoms. The maximum Gasteiger partial charge on any atom is 0.208 e. The van der Waals surface area contributed by atoms with Gasteiger partial charge in [-0.1, -0.05) is 56.5 Å². The average Bonchev–Trinajstić information content (AvgIpc) is 3.32. The number of imidazole rings is 1. The number of aromatic nitrogens is 4. The van der Waals surface area contributed by atoms with Crippen molar-refractivity contribution in [2.24, 2.45) is 28.6 Å². The van der Waals surface area contributed by atoms with Crippen LogP contribution in [0.15, 0.2) is 35.4 Å². The van der Waals surface area contributed by atoms with E-state index in [0.717, 1.165) is 36.3 Å². The highest BCUT2D eigenvalue weighted by atomic mass is 16.5. The quantitative estimate of drug-likeness (QED) is 0.197. The summed E-state index contributed by atoms with van der Waals surface area (Å²) in [5.74, 6) is 4.40. The van der Waals surface area contributed by atoms with Gasteiger partial charge in [0.1, 0.15) is 5.52 Å². The summed E-state index contributed by atoms with van der Waals surface area (Å²) < 4.78 is 8.41. The molecule has 6 rings (SSSR count). The van der Waals surface area contributed by atoms with Crippen LogP contribution in [0.25, 0.3) is 11.2 Å². The van der Waals surface area contributed by atoms with Gasteiger partial charge in [0.15, 0.2) is 17.3 Å². The first-order valence-corrected chi connectivity index (χ1v) is 15.5. The van der Waals surface area contributed by atoms with Gasteiger partial charge in [-0.3, -0.25) is 0 Å². The summed E-state index contributed by atoms with van der Waals surface area (Å²) in [4.78, 5) is 17.5. The Morgan fingerprint density at radius 2 is 1.88 bits per heavy atom. The number of nitrogens with zero attached hydrogens (tertiary/aromatic N) is 6. The lowest BCUT2D eigenvalue weighted by atomic mass is 9.80. The van der Waals surface area contributed by atoms with Crippen molar-refractivity contribution in [3.05, 3.63) is 41.7 Å². The lowest BCUT2D eigenvalue weighted by Gasteiger charge is -2.37. The van der Waals surface area contributed by atoms with Crippen molar-refractivity contribution < 1.29 is 4.74 Å². The molecule has 0 unspecified atom stereocenters. The van der Waals surface area contributed by atoms with E-state index in [1.54, 1.807) is 7.05 Å². The molecule has 1 aliphatic heterocycles. The number of amidine groups is 1. The van der Waals surface area contributed by atoms with Crippen LogP contribution >= 0.6 is 0 Å². The molecule has 2 saturated carbocycles. The van der Waals surface area contributed by atoms with Crippen molar-refractivity contribution in [2.75, 3.05) is 37.0 Å². The predicted molar refractivity (Wildman–Crippen MR) is 164 cm³/mol. The second kappa shape index (κ2) is 12.2. The summed E-state index contributed by atoms with van der Waals surface area (Å²) in [6, 6.07) is 11.0. The van der Waals surface area contributed by atoms with E-state index in [-0.39, 0.29) is 11.9 Å². The van der Waals surface area contributed by atoms with E-state index in [9.17, 15) is 0 Å². The van der Waals surface area contributed by atoms with Crippen LogP contribution in [0.5, 0.6) is 0 Å². The molecule has 2 aromatic heterocycles. The lowest BCUT2D eigenvalue weighted by Crippen LogP contribution is -2.41. The Hall–Kier alpha value is -3.40. The molecule has 10 nitrogen and oxygen atoms in total. The predicted octanol–water partition coefficient (Wildman–Crippen LogP) is 4.67. The van der Waals surface area contributed by atoms with Gasteiger partial charge in [0.05, 0.1) is 19.3 Å². The van der Waals surface area contributed by atoms with E-state index in [4.69, 9.17) is 25.4 Å². The number of hydrogen-bond donors (Lipinski definition) is 3. The third-order valence-electron chi connectivity index (χ3n) is 9.41. The molecule has 4 N–H and O–H groups in total. The van der Waals surface area contributed by atoms with Crippen molar-refractivity contribution in [1.82, 2.24) is 24.9 Å². The Bertz CT molecular complexity index is 1340. The summed E-state index contributed by atoms with van der Waals surface area (Å²) in [6.07, 6.45) is 8.80. The lowest BCUT2D eigenvalue weighted by molar-refractivity contribution is 0.0927. The Balaban J connectivity index is 1.49. The minimum Gasteiger partial charge on any atom is -0.379 e. The van der Waals surface area contributed by atoms with E-state index in [1.165, 1.54) is 50.5 Å². The number of morpholine rings is 1. The zero-order chi connectivity index (χ0) is 28.3. The Morgan fingerprint density at radius 1 is 1.10 bits per heavy atom. The fraction of sp³-hybridized carbons (Fsp3) is 0.613. The van der Waals surface area contributed by atoms with Crippen molar-refractivity contribution in [1.29, 1.82) is 0 Å². The molecular weight excluding hydrogens is 514 g/mol. The van der Waals surface area contributed by atoms with Gasteiger partial charge in [-0.05, 0) is 55.9 Å². The molecule has 0 radical (unpaired) electrons. The first-order valence-electron chi connectivity index (χ1n) is 15.5. The smallest absolute Gasteiger partial charge is 0.208 e. The number of hydrazone groups is 1. The van der Waals surface area contributed by atoms with Crippen LogP contribution in [0.1, 0.15) is 76.2 Å². The van der Waals surface area contributed by atoms with Crippen LogP contribution in [0, 0.1) is 17.8 Å². The van der Waals surface area contributed by atoms with Crippen molar-refractivity contribution in [3.63, 3.8) is 0 Å². The largest absolute Gasteiger partial charge is 0.379 e. The minimum absolute atomic E-state index is 0.0700. The second-order valence-corrected chi connectivity index (χ2v) is 12.3. The SMILES string of the molecule is CNN=C(N)c1nc(N[C@H](C)C2CCC2)c2c(n1)nc(N1CCOC[C@H]1c1ccccc1)n2CC1CCC(C)CC1. The minimum atomic E-state index is 0.0700. The normalized spacial score (nSPS) is 24.7. The molecular formula is C31H45N9O. The number of rotatable bonds is 9. The first-order chi connectivity index (χ1) is 20.0. The van der Waals surface area contributed by atoms with Gasteiger partial charge < -0.3 is 30.7 Å². The fourth-order valence-corrected chi connectivity index (χ4v) is 6.64. The van der Waals surface area contributed by atoms with E-state index in [0.29, 0.717) is 42.6 Å². The highest BCUT2D eigenvalue weighted by Crippen LogP contribution is 2.38. The van der Waals surface area contributed by atoms with E-state index >= 15 is 0 Å². The van der Waals surface area contributed by atoms with Gasteiger partial charge in [0, 0.05) is 26.2 Å². The zero-order valence-corrected chi connectivity index (χ0v) is 24.7. The number of nitrogens with one attached hydrogen (secondary N) is 2. The molecule has 3 aliphatic rings. The van der Waals surface area contributed by atoms with Gasteiger partial charge in [0.25, 0.3) is 0 Å². The number of hydrogen-bond acceptors (Lipinski definition) is 8. The molecule has 2 aliphatic carbocycles. The summed E-state index contributed by atoms with van der Waals surface area (Å²) in [7, 11) is 1.73. The Kier molecular flexibility index (Phi) is 8.27. The van der Waals surface area contributed by atoms with Gasteiger partial charge in [-0.25, -0.2) is 9.97 Å². The van der Waals surface area contributed by atoms with Crippen molar-refractivity contribution in [2.45, 2.75) is 77.4 Å².